The lowest BCUT2D eigenvalue weighted by atomic mass is 9.95. The summed E-state index contributed by atoms with van der Waals surface area (Å²) in [6.07, 6.45) is 36.9. The van der Waals surface area contributed by atoms with Gasteiger partial charge in [-0.2, -0.15) is 0 Å². The van der Waals surface area contributed by atoms with Gasteiger partial charge in [0.2, 0.25) is 0 Å². The molecule has 0 spiro atoms. The standard InChI is InChI=1S/C42H82O7/c1-3-5-7-23-29-39(45)31-25-19-15-11-9-13-17-21-27-33-41(47,35-43)37-49-38-42(48,36-44)34-28-22-18-14-10-12-16-20-26-32-40(46)30-24-8-6-4-2/h19-20,25-26,39-40,43-48H,3-18,21-24,27-38H2,1-2H3/b25-19-,26-20-/t39-,40-,41?,42?/m1/s1. The zero-order valence-corrected chi connectivity index (χ0v) is 32.2. The molecule has 0 aliphatic heterocycles. The average Bonchev–Trinajstić information content (AvgIpc) is 3.09. The molecule has 0 aromatic rings. The topological polar surface area (TPSA) is 131 Å². The molecule has 4 atom stereocenters. The van der Waals surface area contributed by atoms with Crippen LogP contribution >= 0.6 is 0 Å². The molecule has 2 unspecified atom stereocenters. The first-order valence-electron chi connectivity index (χ1n) is 20.6. The number of hydrogen-bond acceptors (Lipinski definition) is 7. The van der Waals surface area contributed by atoms with Crippen LogP contribution in [0.25, 0.3) is 0 Å². The SMILES string of the molecule is CCCCCC[C@@H](O)C/C=C\CCCCCCCCC(O)(CO)COCC(O)(CO)CCCCCCCC/C=C\C[C@H](O)CCCCCC. The Morgan fingerprint density at radius 2 is 0.816 bits per heavy atom. The molecule has 0 amide bonds. The predicted octanol–water partition coefficient (Wildman–Crippen LogP) is 9.25. The summed E-state index contributed by atoms with van der Waals surface area (Å²) >= 11 is 0. The number of unbranched alkanes of at least 4 members (excludes halogenated alkanes) is 18. The van der Waals surface area contributed by atoms with Gasteiger partial charge in [0.25, 0.3) is 0 Å². The summed E-state index contributed by atoms with van der Waals surface area (Å²) in [6.45, 7) is 3.51. The predicted molar refractivity (Wildman–Crippen MR) is 206 cm³/mol. The smallest absolute Gasteiger partial charge is 0.111 e. The molecule has 7 heteroatoms. The van der Waals surface area contributed by atoms with Gasteiger partial charge in [0, 0.05) is 0 Å². The van der Waals surface area contributed by atoms with E-state index in [0.29, 0.717) is 12.8 Å². The minimum absolute atomic E-state index is 0.0576. The van der Waals surface area contributed by atoms with Crippen LogP contribution in [0, 0.1) is 0 Å². The van der Waals surface area contributed by atoms with Crippen LogP contribution in [0.3, 0.4) is 0 Å². The van der Waals surface area contributed by atoms with Gasteiger partial charge in [-0.15, -0.1) is 0 Å². The first-order chi connectivity index (χ1) is 23.7. The average molecular weight is 699 g/mol. The van der Waals surface area contributed by atoms with Crippen molar-refractivity contribution in [2.24, 2.45) is 0 Å². The summed E-state index contributed by atoms with van der Waals surface area (Å²) in [4.78, 5) is 0. The Morgan fingerprint density at radius 3 is 1.18 bits per heavy atom. The molecule has 0 saturated carbocycles. The van der Waals surface area contributed by atoms with E-state index in [0.717, 1.165) is 116 Å². The maximum absolute atomic E-state index is 10.8. The Labute approximate surface area is 302 Å². The molecule has 0 saturated heterocycles. The molecule has 7 nitrogen and oxygen atoms in total. The first kappa shape index (κ1) is 48.2. The zero-order chi connectivity index (χ0) is 36.3. The fourth-order valence-corrected chi connectivity index (χ4v) is 6.26. The molecule has 0 aromatic heterocycles. The van der Waals surface area contributed by atoms with Crippen LogP contribution in [0.1, 0.15) is 194 Å². The molecule has 0 heterocycles. The summed E-state index contributed by atoms with van der Waals surface area (Å²) in [5.41, 5.74) is -2.66. The third kappa shape index (κ3) is 31.6. The quantitative estimate of drug-likeness (QED) is 0.0280. The van der Waals surface area contributed by atoms with E-state index in [1.807, 2.05) is 0 Å². The second kappa shape index (κ2) is 34.3. The number of allylic oxidation sites excluding steroid dienone is 2. The summed E-state index contributed by atoms with van der Waals surface area (Å²) in [5.74, 6) is 0. The highest BCUT2D eigenvalue weighted by molar-refractivity contribution is 4.85. The Kier molecular flexibility index (Phi) is 33.7. The lowest BCUT2D eigenvalue weighted by molar-refractivity contribution is -0.129. The molecule has 0 aliphatic rings. The molecule has 0 aromatic carbocycles. The molecule has 49 heavy (non-hydrogen) atoms. The van der Waals surface area contributed by atoms with Gasteiger partial charge in [-0.3, -0.25) is 0 Å². The monoisotopic (exact) mass is 699 g/mol. The molecule has 292 valence electrons. The minimum Gasteiger partial charge on any atom is -0.393 e. The van der Waals surface area contributed by atoms with Crippen molar-refractivity contribution in [1.29, 1.82) is 0 Å². The van der Waals surface area contributed by atoms with Crippen molar-refractivity contribution < 1.29 is 35.4 Å². The van der Waals surface area contributed by atoms with E-state index in [4.69, 9.17) is 4.74 Å². The van der Waals surface area contributed by atoms with Crippen molar-refractivity contribution in [2.45, 2.75) is 217 Å². The van der Waals surface area contributed by atoms with Crippen molar-refractivity contribution in [3.05, 3.63) is 24.3 Å². The third-order valence-corrected chi connectivity index (χ3v) is 9.79. The lowest BCUT2D eigenvalue weighted by Gasteiger charge is -2.30. The highest BCUT2D eigenvalue weighted by Crippen LogP contribution is 2.21. The third-order valence-electron chi connectivity index (χ3n) is 9.79. The van der Waals surface area contributed by atoms with Crippen molar-refractivity contribution in [2.75, 3.05) is 26.4 Å². The largest absolute Gasteiger partial charge is 0.393 e. The van der Waals surface area contributed by atoms with E-state index >= 15 is 0 Å². The van der Waals surface area contributed by atoms with Crippen molar-refractivity contribution in [3.63, 3.8) is 0 Å². The Bertz CT molecular complexity index is 685. The summed E-state index contributed by atoms with van der Waals surface area (Å²) in [6, 6.07) is 0. The number of hydrogen-bond donors (Lipinski definition) is 6. The van der Waals surface area contributed by atoms with Crippen molar-refractivity contribution in [3.8, 4) is 0 Å². The second-order valence-electron chi connectivity index (χ2n) is 15.0. The van der Waals surface area contributed by atoms with Crippen LogP contribution in [0.4, 0.5) is 0 Å². The van der Waals surface area contributed by atoms with Crippen LogP contribution in [0.5, 0.6) is 0 Å². The number of rotatable bonds is 38. The molecule has 0 aliphatic carbocycles. The van der Waals surface area contributed by atoms with E-state index in [1.54, 1.807) is 0 Å². The van der Waals surface area contributed by atoms with Gasteiger partial charge < -0.3 is 35.4 Å². The van der Waals surface area contributed by atoms with E-state index in [9.17, 15) is 30.6 Å². The highest BCUT2D eigenvalue weighted by atomic mass is 16.5. The van der Waals surface area contributed by atoms with Gasteiger partial charge in [-0.05, 0) is 64.2 Å². The number of aliphatic hydroxyl groups excluding tert-OH is 4. The Hall–Kier alpha value is -0.800. The van der Waals surface area contributed by atoms with Gasteiger partial charge in [0.05, 0.1) is 38.6 Å². The van der Waals surface area contributed by atoms with Crippen LogP contribution in [-0.4, -0.2) is 80.5 Å². The molecule has 0 rings (SSSR count). The minimum atomic E-state index is -1.33. The molecule has 0 bridgehead atoms. The van der Waals surface area contributed by atoms with E-state index in [-0.39, 0.29) is 38.6 Å². The van der Waals surface area contributed by atoms with Crippen LogP contribution in [0.2, 0.25) is 0 Å². The summed E-state index contributed by atoms with van der Waals surface area (Å²) in [5, 5.41) is 61.3. The van der Waals surface area contributed by atoms with Gasteiger partial charge in [-0.25, -0.2) is 0 Å². The lowest BCUT2D eigenvalue weighted by Crippen LogP contribution is -2.43. The van der Waals surface area contributed by atoms with Gasteiger partial charge >= 0.3 is 0 Å². The first-order valence-corrected chi connectivity index (χ1v) is 20.6. The van der Waals surface area contributed by atoms with E-state index in [2.05, 4.69) is 38.2 Å². The van der Waals surface area contributed by atoms with Crippen molar-refractivity contribution >= 4 is 0 Å². The summed E-state index contributed by atoms with van der Waals surface area (Å²) < 4.78 is 5.65. The summed E-state index contributed by atoms with van der Waals surface area (Å²) in [7, 11) is 0. The van der Waals surface area contributed by atoms with Gasteiger partial charge in [0.15, 0.2) is 0 Å². The zero-order valence-electron chi connectivity index (χ0n) is 32.2. The highest BCUT2D eigenvalue weighted by Gasteiger charge is 2.30. The molecule has 6 N–H and O–H groups in total. The fraction of sp³-hybridized carbons (Fsp3) is 0.905. The number of ether oxygens (including phenoxy) is 1. The molecular formula is C42H82O7. The van der Waals surface area contributed by atoms with Crippen LogP contribution < -0.4 is 0 Å². The van der Waals surface area contributed by atoms with Crippen LogP contribution in [0.15, 0.2) is 24.3 Å². The molecular weight excluding hydrogens is 616 g/mol. The van der Waals surface area contributed by atoms with Gasteiger partial charge in [-0.1, -0.05) is 154 Å². The maximum atomic E-state index is 10.8. The maximum Gasteiger partial charge on any atom is 0.111 e. The number of aliphatic hydroxyl groups is 6. The van der Waals surface area contributed by atoms with E-state index in [1.165, 1.54) is 51.4 Å². The normalized spacial score (nSPS) is 16.0. The second-order valence-corrected chi connectivity index (χ2v) is 15.0. The van der Waals surface area contributed by atoms with E-state index < -0.39 is 11.2 Å². The van der Waals surface area contributed by atoms with Crippen molar-refractivity contribution in [1.82, 2.24) is 0 Å². The molecule has 0 fully saturated rings. The van der Waals surface area contributed by atoms with Crippen LogP contribution in [-0.2, 0) is 4.74 Å². The Balaban J connectivity index is 3.87. The Morgan fingerprint density at radius 1 is 0.469 bits per heavy atom. The fourth-order valence-electron chi connectivity index (χ4n) is 6.26. The molecule has 0 radical (unpaired) electrons. The van der Waals surface area contributed by atoms with Gasteiger partial charge in [0.1, 0.15) is 11.2 Å².